The molecular weight excluding hydrogens is 254 g/mol. The van der Waals surface area contributed by atoms with Gasteiger partial charge >= 0.3 is 0 Å². The van der Waals surface area contributed by atoms with Gasteiger partial charge < -0.3 is 5.32 Å². The molecule has 1 aliphatic rings. The van der Waals surface area contributed by atoms with Crippen molar-refractivity contribution in [3.8, 4) is 0 Å². The highest BCUT2D eigenvalue weighted by molar-refractivity contribution is 9.10. The maximum atomic E-state index is 4.37. The second-order valence-electron chi connectivity index (χ2n) is 4.38. The van der Waals surface area contributed by atoms with E-state index in [0.29, 0.717) is 0 Å². The molecule has 1 heterocycles. The Kier molecular flexibility index (Phi) is 3.46. The fraction of sp³-hybridized carbons (Fsp3) is 0.727. The van der Waals surface area contributed by atoms with Crippen molar-refractivity contribution < 1.29 is 0 Å². The molecule has 0 unspecified atom stereocenters. The Hall–Kier alpha value is -0.350. The van der Waals surface area contributed by atoms with Gasteiger partial charge in [0.1, 0.15) is 0 Å². The molecule has 1 aromatic rings. The molecule has 1 aliphatic carbocycles. The van der Waals surface area contributed by atoms with Gasteiger partial charge in [0.15, 0.2) is 0 Å². The highest BCUT2D eigenvalue weighted by atomic mass is 79.9. The van der Waals surface area contributed by atoms with Gasteiger partial charge in [-0.25, -0.2) is 0 Å². The van der Waals surface area contributed by atoms with Gasteiger partial charge in [-0.1, -0.05) is 12.8 Å². The summed E-state index contributed by atoms with van der Waals surface area (Å²) >= 11 is 3.57. The van der Waals surface area contributed by atoms with Crippen LogP contribution >= 0.6 is 15.9 Å². The van der Waals surface area contributed by atoms with Crippen LogP contribution in [0.3, 0.4) is 0 Å². The lowest BCUT2D eigenvalue weighted by atomic mass is 10.3. The summed E-state index contributed by atoms with van der Waals surface area (Å²) in [5, 5.41) is 7.84. The van der Waals surface area contributed by atoms with Crippen molar-refractivity contribution in [2.24, 2.45) is 13.0 Å². The smallest absolute Gasteiger partial charge is 0.0739 e. The predicted molar refractivity (Wildman–Crippen MR) is 64.7 cm³/mol. The van der Waals surface area contributed by atoms with Gasteiger partial charge in [0.05, 0.1) is 15.9 Å². The highest BCUT2D eigenvalue weighted by Crippen LogP contribution is 2.31. The van der Waals surface area contributed by atoms with E-state index in [-0.39, 0.29) is 0 Å². The lowest BCUT2D eigenvalue weighted by Gasteiger charge is -2.05. The molecule has 1 N–H and O–H groups in total. The van der Waals surface area contributed by atoms with Crippen molar-refractivity contribution in [3.63, 3.8) is 0 Å². The predicted octanol–water partition coefficient (Wildman–Crippen LogP) is 2.38. The van der Waals surface area contributed by atoms with Gasteiger partial charge in [0.2, 0.25) is 0 Å². The summed E-state index contributed by atoms with van der Waals surface area (Å²) in [6.45, 7) is 4.06. The number of aromatic nitrogens is 2. The van der Waals surface area contributed by atoms with Gasteiger partial charge in [-0.3, -0.25) is 4.68 Å². The molecule has 0 spiro atoms. The lowest BCUT2D eigenvalue weighted by molar-refractivity contribution is 0.583. The molecule has 0 aromatic carbocycles. The number of nitrogens with one attached hydrogen (secondary N) is 1. The molecule has 3 nitrogen and oxygen atoms in total. The Morgan fingerprint density at radius 3 is 2.80 bits per heavy atom. The van der Waals surface area contributed by atoms with E-state index in [1.54, 1.807) is 0 Å². The minimum Gasteiger partial charge on any atom is -0.311 e. The Morgan fingerprint density at radius 1 is 1.53 bits per heavy atom. The van der Waals surface area contributed by atoms with E-state index in [1.807, 2.05) is 18.7 Å². The first-order valence-corrected chi connectivity index (χ1v) is 6.36. The first-order chi connectivity index (χ1) is 7.18. The summed E-state index contributed by atoms with van der Waals surface area (Å²) in [4.78, 5) is 0. The van der Waals surface area contributed by atoms with Gasteiger partial charge in [-0.15, -0.1) is 0 Å². The summed E-state index contributed by atoms with van der Waals surface area (Å²) in [5.41, 5.74) is 2.31. The molecule has 2 rings (SSSR count). The molecule has 1 saturated carbocycles. The number of rotatable bonds is 5. The third-order valence-electron chi connectivity index (χ3n) is 2.98. The largest absolute Gasteiger partial charge is 0.311 e. The summed E-state index contributed by atoms with van der Waals surface area (Å²) in [6.07, 6.45) is 4.21. The summed E-state index contributed by atoms with van der Waals surface area (Å²) in [6, 6.07) is 0. The summed E-state index contributed by atoms with van der Waals surface area (Å²) in [5.74, 6) is 1.01. The average molecular weight is 272 g/mol. The van der Waals surface area contributed by atoms with Crippen LogP contribution in [0, 0.1) is 12.8 Å². The molecule has 1 aromatic heterocycles. The van der Waals surface area contributed by atoms with Crippen LogP contribution in [0.4, 0.5) is 0 Å². The Balaban J connectivity index is 1.81. The van der Waals surface area contributed by atoms with Crippen molar-refractivity contribution in [2.45, 2.75) is 32.7 Å². The molecule has 0 saturated heterocycles. The number of aryl methyl sites for hydroxylation is 2. The van der Waals surface area contributed by atoms with Gasteiger partial charge in [-0.05, 0) is 41.7 Å². The van der Waals surface area contributed by atoms with Crippen molar-refractivity contribution in [3.05, 3.63) is 15.9 Å². The third-order valence-corrected chi connectivity index (χ3v) is 4.01. The molecular formula is C11H18BrN3. The minimum atomic E-state index is 0.907. The lowest BCUT2D eigenvalue weighted by Crippen LogP contribution is -2.17. The van der Waals surface area contributed by atoms with Crippen molar-refractivity contribution >= 4 is 15.9 Å². The maximum Gasteiger partial charge on any atom is 0.0739 e. The first kappa shape index (κ1) is 11.1. The quantitative estimate of drug-likeness (QED) is 0.834. The molecule has 0 aliphatic heterocycles. The van der Waals surface area contributed by atoms with E-state index in [1.165, 1.54) is 25.0 Å². The molecule has 0 radical (unpaired) electrons. The molecule has 0 atom stereocenters. The molecule has 15 heavy (non-hydrogen) atoms. The van der Waals surface area contributed by atoms with Crippen LogP contribution in [0.15, 0.2) is 4.47 Å². The number of nitrogens with zero attached hydrogens (tertiary/aromatic N) is 2. The molecule has 4 heteroatoms. The summed E-state index contributed by atoms with van der Waals surface area (Å²) in [7, 11) is 2.00. The minimum absolute atomic E-state index is 0.907. The van der Waals surface area contributed by atoms with E-state index in [0.717, 1.165) is 29.2 Å². The average Bonchev–Trinajstić information content (AvgIpc) is 2.96. The molecule has 84 valence electrons. The standard InChI is InChI=1S/C11H18BrN3/c1-8-11(12)10(15(2)14-8)7-13-6-5-9-3-4-9/h9,13H,3-7H2,1-2H3. The second-order valence-corrected chi connectivity index (χ2v) is 5.17. The van der Waals surface area contributed by atoms with Crippen LogP contribution < -0.4 is 5.32 Å². The van der Waals surface area contributed by atoms with Gasteiger partial charge in [0, 0.05) is 13.6 Å². The topological polar surface area (TPSA) is 29.9 Å². The summed E-state index contributed by atoms with van der Waals surface area (Å²) < 4.78 is 3.09. The monoisotopic (exact) mass is 271 g/mol. The fourth-order valence-electron chi connectivity index (χ4n) is 1.79. The third kappa shape index (κ3) is 2.82. The molecule has 0 bridgehead atoms. The van der Waals surface area contributed by atoms with Crippen molar-refractivity contribution in [2.75, 3.05) is 6.54 Å². The fourth-order valence-corrected chi connectivity index (χ4v) is 2.27. The van der Waals surface area contributed by atoms with E-state index < -0.39 is 0 Å². The second kappa shape index (κ2) is 4.66. The van der Waals surface area contributed by atoms with E-state index in [2.05, 4.69) is 26.3 Å². The van der Waals surface area contributed by atoms with Crippen LogP contribution in [0.25, 0.3) is 0 Å². The molecule has 0 amide bonds. The van der Waals surface area contributed by atoms with Crippen LogP contribution in [0.1, 0.15) is 30.7 Å². The number of hydrogen-bond acceptors (Lipinski definition) is 2. The first-order valence-electron chi connectivity index (χ1n) is 5.57. The Morgan fingerprint density at radius 2 is 2.27 bits per heavy atom. The van der Waals surface area contributed by atoms with E-state index in [9.17, 15) is 0 Å². The van der Waals surface area contributed by atoms with Crippen molar-refractivity contribution in [1.29, 1.82) is 0 Å². The van der Waals surface area contributed by atoms with Crippen LogP contribution in [0.5, 0.6) is 0 Å². The zero-order chi connectivity index (χ0) is 10.8. The van der Waals surface area contributed by atoms with Crippen molar-refractivity contribution in [1.82, 2.24) is 15.1 Å². The molecule has 1 fully saturated rings. The zero-order valence-corrected chi connectivity index (χ0v) is 11.0. The van der Waals surface area contributed by atoms with Crippen LogP contribution in [-0.4, -0.2) is 16.3 Å². The van der Waals surface area contributed by atoms with E-state index >= 15 is 0 Å². The van der Waals surface area contributed by atoms with Gasteiger partial charge in [0.25, 0.3) is 0 Å². The van der Waals surface area contributed by atoms with Crippen LogP contribution in [0.2, 0.25) is 0 Å². The number of hydrogen-bond donors (Lipinski definition) is 1. The SMILES string of the molecule is Cc1nn(C)c(CNCCC2CC2)c1Br. The Bertz CT molecular complexity index is 342. The van der Waals surface area contributed by atoms with Gasteiger partial charge in [-0.2, -0.15) is 5.10 Å². The zero-order valence-electron chi connectivity index (χ0n) is 9.39. The highest BCUT2D eigenvalue weighted by Gasteiger charge is 2.20. The van der Waals surface area contributed by atoms with Crippen LogP contribution in [-0.2, 0) is 13.6 Å². The Labute approximate surface area is 99.4 Å². The van der Waals surface area contributed by atoms with E-state index in [4.69, 9.17) is 0 Å². The maximum absolute atomic E-state index is 4.37. The number of halogens is 1. The normalized spacial score (nSPS) is 15.9.